The van der Waals surface area contributed by atoms with Crippen LogP contribution in [0.4, 0.5) is 5.69 Å². The SMILES string of the molecule is COc1cc([N+](=O)[O-])c(/C=N\NC(=O)c2ccc3[nH]c4c(c3c2)CC(C)CC4)cc1O. The number of hydrazone groups is 1. The number of carbonyl (C=O) groups is 1. The smallest absolute Gasteiger partial charge is 0.282 e. The molecule has 9 heteroatoms. The Morgan fingerprint density at radius 2 is 2.19 bits per heavy atom. The van der Waals surface area contributed by atoms with Crippen molar-refractivity contribution < 1.29 is 19.6 Å². The van der Waals surface area contributed by atoms with E-state index in [1.54, 1.807) is 6.07 Å². The molecule has 0 fully saturated rings. The van der Waals surface area contributed by atoms with Gasteiger partial charge in [0.05, 0.1) is 29.9 Å². The van der Waals surface area contributed by atoms with Crippen LogP contribution in [-0.2, 0) is 12.8 Å². The molecule has 1 aliphatic carbocycles. The number of nitro benzene ring substituents is 1. The molecule has 1 aromatic heterocycles. The lowest BCUT2D eigenvalue weighted by Gasteiger charge is -2.18. The first-order chi connectivity index (χ1) is 14.9. The molecule has 0 spiro atoms. The average Bonchev–Trinajstić information content (AvgIpc) is 3.10. The molecule has 1 aliphatic rings. The predicted molar refractivity (Wildman–Crippen MR) is 116 cm³/mol. The van der Waals surface area contributed by atoms with Gasteiger partial charge in [-0.1, -0.05) is 6.92 Å². The van der Waals surface area contributed by atoms with Gasteiger partial charge in [-0.3, -0.25) is 14.9 Å². The van der Waals surface area contributed by atoms with Crippen molar-refractivity contribution in [2.75, 3.05) is 7.11 Å². The van der Waals surface area contributed by atoms with Crippen molar-refractivity contribution in [1.29, 1.82) is 0 Å². The molecule has 1 amide bonds. The van der Waals surface area contributed by atoms with Crippen LogP contribution in [0.3, 0.4) is 0 Å². The molecule has 0 bridgehead atoms. The Labute approximate surface area is 177 Å². The van der Waals surface area contributed by atoms with E-state index in [1.165, 1.54) is 18.4 Å². The Morgan fingerprint density at radius 3 is 2.94 bits per heavy atom. The van der Waals surface area contributed by atoms with E-state index in [0.29, 0.717) is 11.5 Å². The number of fused-ring (bicyclic) bond motifs is 3. The van der Waals surface area contributed by atoms with E-state index in [2.05, 4.69) is 22.4 Å². The minimum absolute atomic E-state index is 0.0228. The first kappa shape index (κ1) is 20.4. The van der Waals surface area contributed by atoms with E-state index in [-0.39, 0.29) is 22.7 Å². The largest absolute Gasteiger partial charge is 0.504 e. The highest BCUT2D eigenvalue weighted by molar-refractivity contribution is 5.99. The lowest BCUT2D eigenvalue weighted by atomic mass is 9.87. The molecule has 160 valence electrons. The van der Waals surface area contributed by atoms with Crippen LogP contribution in [0.1, 0.15) is 40.5 Å². The zero-order valence-electron chi connectivity index (χ0n) is 17.1. The topological polar surface area (TPSA) is 130 Å². The lowest BCUT2D eigenvalue weighted by molar-refractivity contribution is -0.385. The van der Waals surface area contributed by atoms with Gasteiger partial charge < -0.3 is 14.8 Å². The fourth-order valence-corrected chi connectivity index (χ4v) is 3.96. The van der Waals surface area contributed by atoms with Crippen molar-refractivity contribution >= 4 is 28.7 Å². The number of hydrogen-bond donors (Lipinski definition) is 3. The van der Waals surface area contributed by atoms with Crippen LogP contribution in [0.15, 0.2) is 35.4 Å². The second-order valence-corrected chi connectivity index (χ2v) is 7.73. The fraction of sp³-hybridized carbons (Fsp3) is 0.273. The molecule has 0 radical (unpaired) electrons. The summed E-state index contributed by atoms with van der Waals surface area (Å²) in [5, 5.41) is 26.0. The van der Waals surface area contributed by atoms with Gasteiger partial charge in [0, 0.05) is 22.2 Å². The van der Waals surface area contributed by atoms with Gasteiger partial charge in [0.25, 0.3) is 11.6 Å². The van der Waals surface area contributed by atoms with Crippen LogP contribution >= 0.6 is 0 Å². The highest BCUT2D eigenvalue weighted by atomic mass is 16.6. The number of ether oxygens (including phenoxy) is 1. The molecule has 9 nitrogen and oxygen atoms in total. The maximum atomic E-state index is 12.6. The highest BCUT2D eigenvalue weighted by Gasteiger charge is 2.21. The summed E-state index contributed by atoms with van der Waals surface area (Å²) in [6.07, 6.45) is 4.25. The molecule has 3 aromatic rings. The standard InChI is InChI=1S/C22H22N4O5/c1-12-3-5-17-15(7-12)16-8-13(4-6-18(16)24-17)22(28)25-23-11-14-9-20(27)21(31-2)10-19(14)26(29)30/h4,6,8-12,24,27H,3,5,7H2,1-2H3,(H,25,28)/b23-11-. The van der Waals surface area contributed by atoms with Crippen molar-refractivity contribution in [3.05, 3.63) is 62.8 Å². The third-order valence-corrected chi connectivity index (χ3v) is 5.59. The van der Waals surface area contributed by atoms with Gasteiger partial charge in [-0.25, -0.2) is 5.43 Å². The molecule has 1 unspecified atom stereocenters. The van der Waals surface area contributed by atoms with Crippen LogP contribution in [0.25, 0.3) is 10.9 Å². The number of aromatic nitrogens is 1. The van der Waals surface area contributed by atoms with Crippen LogP contribution < -0.4 is 10.2 Å². The van der Waals surface area contributed by atoms with E-state index in [0.717, 1.165) is 48.5 Å². The zero-order chi connectivity index (χ0) is 22.1. The Bertz CT molecular complexity index is 1210. The van der Waals surface area contributed by atoms with Crippen molar-refractivity contribution in [1.82, 2.24) is 10.4 Å². The molecule has 2 aromatic carbocycles. The molecule has 0 saturated carbocycles. The van der Waals surface area contributed by atoms with Crippen molar-refractivity contribution in [2.45, 2.75) is 26.2 Å². The first-order valence-corrected chi connectivity index (χ1v) is 9.89. The summed E-state index contributed by atoms with van der Waals surface area (Å²) in [7, 11) is 1.30. The summed E-state index contributed by atoms with van der Waals surface area (Å²) < 4.78 is 4.89. The Kier molecular flexibility index (Phi) is 5.33. The summed E-state index contributed by atoms with van der Waals surface area (Å²) in [5.41, 5.74) is 6.06. The number of rotatable bonds is 5. The number of hydrogen-bond acceptors (Lipinski definition) is 6. The minimum atomic E-state index is -0.616. The van der Waals surface area contributed by atoms with Gasteiger partial charge in [-0.15, -0.1) is 0 Å². The molecular weight excluding hydrogens is 400 g/mol. The second-order valence-electron chi connectivity index (χ2n) is 7.73. The number of nitrogens with one attached hydrogen (secondary N) is 2. The number of aryl methyl sites for hydroxylation is 1. The van der Waals surface area contributed by atoms with Gasteiger partial charge >= 0.3 is 0 Å². The van der Waals surface area contributed by atoms with Crippen LogP contribution in [0, 0.1) is 16.0 Å². The van der Waals surface area contributed by atoms with Gasteiger partial charge in [0.2, 0.25) is 0 Å². The van der Waals surface area contributed by atoms with Gasteiger partial charge in [0.1, 0.15) is 0 Å². The number of H-pyrrole nitrogens is 1. The van der Waals surface area contributed by atoms with E-state index < -0.39 is 10.8 Å². The molecule has 1 atom stereocenters. The number of phenols is 1. The molecule has 1 heterocycles. The number of benzene rings is 2. The lowest BCUT2D eigenvalue weighted by Crippen LogP contribution is -2.17. The number of amides is 1. The summed E-state index contributed by atoms with van der Waals surface area (Å²) in [6.45, 7) is 2.23. The summed E-state index contributed by atoms with van der Waals surface area (Å²) in [4.78, 5) is 26.7. The number of nitro groups is 1. The van der Waals surface area contributed by atoms with Gasteiger partial charge in [-0.05, 0) is 55.0 Å². The van der Waals surface area contributed by atoms with E-state index in [4.69, 9.17) is 4.74 Å². The van der Waals surface area contributed by atoms with Gasteiger partial charge in [0.15, 0.2) is 11.5 Å². The quantitative estimate of drug-likeness (QED) is 0.328. The first-order valence-electron chi connectivity index (χ1n) is 9.89. The van der Waals surface area contributed by atoms with Crippen LogP contribution in [-0.4, -0.2) is 34.2 Å². The Balaban J connectivity index is 1.56. The third kappa shape index (κ3) is 3.94. The predicted octanol–water partition coefficient (Wildman–Crippen LogP) is 3.68. The normalized spacial score (nSPS) is 15.7. The van der Waals surface area contributed by atoms with Crippen LogP contribution in [0.2, 0.25) is 0 Å². The highest BCUT2D eigenvalue weighted by Crippen LogP contribution is 2.33. The molecular formula is C22H22N4O5. The number of aromatic hydroxyl groups is 1. The molecule has 0 saturated heterocycles. The number of methoxy groups -OCH3 is 1. The summed E-state index contributed by atoms with van der Waals surface area (Å²) in [6, 6.07) is 7.69. The third-order valence-electron chi connectivity index (χ3n) is 5.59. The van der Waals surface area contributed by atoms with E-state index >= 15 is 0 Å². The van der Waals surface area contributed by atoms with Crippen LogP contribution in [0.5, 0.6) is 11.5 Å². The molecule has 3 N–H and O–H groups in total. The van der Waals surface area contributed by atoms with E-state index in [1.807, 2.05) is 12.1 Å². The number of phenolic OH excluding ortho intramolecular Hbond substituents is 1. The number of carbonyl (C=O) groups excluding carboxylic acids is 1. The number of nitrogens with zero attached hydrogens (tertiary/aromatic N) is 2. The minimum Gasteiger partial charge on any atom is -0.504 e. The van der Waals surface area contributed by atoms with E-state index in [9.17, 15) is 20.0 Å². The molecule has 31 heavy (non-hydrogen) atoms. The Morgan fingerprint density at radius 1 is 1.39 bits per heavy atom. The maximum Gasteiger partial charge on any atom is 0.282 e. The van der Waals surface area contributed by atoms with Crippen molar-refractivity contribution in [3.8, 4) is 11.5 Å². The fourth-order valence-electron chi connectivity index (χ4n) is 3.96. The second kappa shape index (κ2) is 8.10. The summed E-state index contributed by atoms with van der Waals surface area (Å²) >= 11 is 0. The molecule has 0 aliphatic heterocycles. The Hall–Kier alpha value is -3.88. The summed E-state index contributed by atoms with van der Waals surface area (Å²) in [5.74, 6) is -0.120. The zero-order valence-corrected chi connectivity index (χ0v) is 17.1. The number of aromatic amines is 1. The van der Waals surface area contributed by atoms with Crippen molar-refractivity contribution in [3.63, 3.8) is 0 Å². The molecule has 4 rings (SSSR count). The van der Waals surface area contributed by atoms with Gasteiger partial charge in [-0.2, -0.15) is 5.10 Å². The average molecular weight is 422 g/mol. The maximum absolute atomic E-state index is 12.6. The monoisotopic (exact) mass is 422 g/mol. The van der Waals surface area contributed by atoms with Crippen molar-refractivity contribution in [2.24, 2.45) is 11.0 Å².